The molecule has 0 amide bonds. The van der Waals surface area contributed by atoms with Crippen LogP contribution < -0.4 is 5.73 Å². The predicted molar refractivity (Wildman–Crippen MR) is 70.8 cm³/mol. The number of pyridine rings is 1. The van der Waals surface area contributed by atoms with Crippen LogP contribution in [0.1, 0.15) is 31.4 Å². The van der Waals surface area contributed by atoms with Gasteiger partial charge in [-0.05, 0) is 42.9 Å². The van der Waals surface area contributed by atoms with Gasteiger partial charge in [0, 0.05) is 17.1 Å². The highest BCUT2D eigenvalue weighted by Crippen LogP contribution is 2.38. The van der Waals surface area contributed by atoms with Crippen LogP contribution in [0.2, 0.25) is 0 Å². The van der Waals surface area contributed by atoms with E-state index < -0.39 is 0 Å². The Hall–Kier alpha value is -1.41. The molecule has 1 aliphatic carbocycles. The predicted octanol–water partition coefficient (Wildman–Crippen LogP) is 2.99. The number of nitrogens with two attached hydrogens (primary N) is 1. The van der Waals surface area contributed by atoms with Gasteiger partial charge in [0.2, 0.25) is 0 Å². The third-order valence-corrected chi connectivity index (χ3v) is 3.83. The molecule has 1 aromatic carbocycles. The van der Waals surface area contributed by atoms with Crippen molar-refractivity contribution in [2.45, 2.75) is 32.2 Å². The molecule has 0 radical (unpaired) electrons. The standard InChI is InChI=1S/C15H18N2/c1-10-7-12-11-5-3-4-6-14(11)17-9-13(12)15(2,16)8-10/h3-6,9-10H,7-8,16H2,1-2H3. The smallest absolute Gasteiger partial charge is 0.0704 e. The molecule has 0 saturated heterocycles. The summed E-state index contributed by atoms with van der Waals surface area (Å²) >= 11 is 0. The van der Waals surface area contributed by atoms with E-state index >= 15 is 0 Å². The van der Waals surface area contributed by atoms with Crippen LogP contribution in [0, 0.1) is 5.92 Å². The van der Waals surface area contributed by atoms with Crippen molar-refractivity contribution < 1.29 is 0 Å². The summed E-state index contributed by atoms with van der Waals surface area (Å²) < 4.78 is 0. The maximum absolute atomic E-state index is 6.43. The zero-order valence-corrected chi connectivity index (χ0v) is 10.4. The molecular formula is C15H18N2. The summed E-state index contributed by atoms with van der Waals surface area (Å²) in [4.78, 5) is 4.54. The SMILES string of the molecule is CC1Cc2c(cnc3ccccc23)C(C)(N)C1. The van der Waals surface area contributed by atoms with Crippen molar-refractivity contribution in [1.29, 1.82) is 0 Å². The van der Waals surface area contributed by atoms with Crippen LogP contribution in [0.25, 0.3) is 10.9 Å². The minimum Gasteiger partial charge on any atom is -0.322 e. The second-order valence-electron chi connectivity index (χ2n) is 5.60. The number of hydrogen-bond donors (Lipinski definition) is 1. The molecule has 88 valence electrons. The summed E-state index contributed by atoms with van der Waals surface area (Å²) in [6.07, 6.45) is 4.13. The molecule has 1 aliphatic rings. The lowest BCUT2D eigenvalue weighted by Gasteiger charge is -2.36. The summed E-state index contributed by atoms with van der Waals surface area (Å²) in [6.45, 7) is 4.40. The summed E-state index contributed by atoms with van der Waals surface area (Å²) in [5.74, 6) is 0.642. The van der Waals surface area contributed by atoms with E-state index in [0.29, 0.717) is 5.92 Å². The van der Waals surface area contributed by atoms with Crippen molar-refractivity contribution in [1.82, 2.24) is 4.98 Å². The molecule has 2 N–H and O–H groups in total. The quantitative estimate of drug-likeness (QED) is 0.750. The summed E-state index contributed by atoms with van der Waals surface area (Å²) in [5.41, 5.74) is 9.91. The highest BCUT2D eigenvalue weighted by Gasteiger charge is 2.32. The van der Waals surface area contributed by atoms with Gasteiger partial charge < -0.3 is 5.73 Å². The number of nitrogens with zero attached hydrogens (tertiary/aromatic N) is 1. The molecule has 2 heteroatoms. The summed E-state index contributed by atoms with van der Waals surface area (Å²) in [7, 11) is 0. The molecule has 0 saturated carbocycles. The maximum atomic E-state index is 6.43. The first-order valence-electron chi connectivity index (χ1n) is 6.24. The zero-order valence-electron chi connectivity index (χ0n) is 10.4. The average Bonchev–Trinajstić information content (AvgIpc) is 2.27. The maximum Gasteiger partial charge on any atom is 0.0704 e. The minimum atomic E-state index is -0.232. The topological polar surface area (TPSA) is 38.9 Å². The van der Waals surface area contributed by atoms with Crippen LogP contribution in [0.3, 0.4) is 0 Å². The number of hydrogen-bond acceptors (Lipinski definition) is 2. The van der Waals surface area contributed by atoms with Gasteiger partial charge in [0.1, 0.15) is 0 Å². The Morgan fingerprint density at radius 3 is 2.94 bits per heavy atom. The van der Waals surface area contributed by atoms with Gasteiger partial charge in [-0.15, -0.1) is 0 Å². The Balaban J connectivity index is 2.32. The lowest BCUT2D eigenvalue weighted by Crippen LogP contribution is -2.39. The Bertz CT molecular complexity index is 572. The average molecular weight is 226 g/mol. The van der Waals surface area contributed by atoms with E-state index in [1.807, 2.05) is 12.3 Å². The van der Waals surface area contributed by atoms with E-state index in [2.05, 4.69) is 37.0 Å². The first-order chi connectivity index (χ1) is 8.08. The molecule has 0 bridgehead atoms. The van der Waals surface area contributed by atoms with E-state index in [1.165, 1.54) is 16.5 Å². The van der Waals surface area contributed by atoms with Crippen LogP contribution in [0.4, 0.5) is 0 Å². The number of aromatic nitrogens is 1. The summed E-state index contributed by atoms with van der Waals surface area (Å²) in [5, 5.41) is 1.27. The van der Waals surface area contributed by atoms with Gasteiger partial charge in [0.05, 0.1) is 5.52 Å². The van der Waals surface area contributed by atoms with Crippen molar-refractivity contribution >= 4 is 10.9 Å². The van der Waals surface area contributed by atoms with E-state index in [4.69, 9.17) is 5.73 Å². The fourth-order valence-electron chi connectivity index (χ4n) is 3.17. The Kier molecular flexibility index (Phi) is 2.23. The van der Waals surface area contributed by atoms with Gasteiger partial charge >= 0.3 is 0 Å². The number of benzene rings is 1. The molecular weight excluding hydrogens is 208 g/mol. The van der Waals surface area contributed by atoms with Crippen LogP contribution in [-0.2, 0) is 12.0 Å². The number of rotatable bonds is 0. The lowest BCUT2D eigenvalue weighted by atomic mass is 9.73. The van der Waals surface area contributed by atoms with E-state index in [0.717, 1.165) is 18.4 Å². The monoisotopic (exact) mass is 226 g/mol. The van der Waals surface area contributed by atoms with Gasteiger partial charge in [0.15, 0.2) is 0 Å². The normalized spacial score (nSPS) is 28.1. The molecule has 1 aromatic heterocycles. The van der Waals surface area contributed by atoms with E-state index in [-0.39, 0.29) is 5.54 Å². The second-order valence-corrected chi connectivity index (χ2v) is 5.60. The lowest BCUT2D eigenvalue weighted by molar-refractivity contribution is 0.333. The third kappa shape index (κ3) is 1.64. The first-order valence-corrected chi connectivity index (χ1v) is 6.24. The third-order valence-electron chi connectivity index (χ3n) is 3.83. The second kappa shape index (κ2) is 3.54. The molecule has 1 heterocycles. The van der Waals surface area contributed by atoms with Gasteiger partial charge in [0.25, 0.3) is 0 Å². The Morgan fingerprint density at radius 1 is 1.35 bits per heavy atom. The highest BCUT2D eigenvalue weighted by atomic mass is 14.8. The fraction of sp³-hybridized carbons (Fsp3) is 0.400. The summed E-state index contributed by atoms with van der Waals surface area (Å²) in [6, 6.07) is 8.35. The van der Waals surface area contributed by atoms with Crippen LogP contribution in [0.5, 0.6) is 0 Å². The zero-order chi connectivity index (χ0) is 12.0. The molecule has 0 aliphatic heterocycles. The van der Waals surface area contributed by atoms with Crippen LogP contribution in [-0.4, -0.2) is 4.98 Å². The van der Waals surface area contributed by atoms with Gasteiger partial charge in [-0.3, -0.25) is 4.98 Å². The number of fused-ring (bicyclic) bond motifs is 3. The Morgan fingerprint density at radius 2 is 2.12 bits per heavy atom. The number of para-hydroxylation sites is 1. The molecule has 0 spiro atoms. The van der Waals surface area contributed by atoms with E-state index in [9.17, 15) is 0 Å². The van der Waals surface area contributed by atoms with Gasteiger partial charge in [-0.2, -0.15) is 0 Å². The van der Waals surface area contributed by atoms with E-state index in [1.54, 1.807) is 0 Å². The first kappa shape index (κ1) is 10.7. The fourth-order valence-corrected chi connectivity index (χ4v) is 3.17. The molecule has 2 nitrogen and oxygen atoms in total. The molecule has 3 rings (SSSR count). The minimum absolute atomic E-state index is 0.232. The van der Waals surface area contributed by atoms with Gasteiger partial charge in [-0.25, -0.2) is 0 Å². The van der Waals surface area contributed by atoms with Crippen molar-refractivity contribution in [3.05, 3.63) is 41.6 Å². The largest absolute Gasteiger partial charge is 0.322 e. The molecule has 2 aromatic rings. The highest BCUT2D eigenvalue weighted by molar-refractivity contribution is 5.83. The van der Waals surface area contributed by atoms with Crippen molar-refractivity contribution in [2.24, 2.45) is 11.7 Å². The molecule has 17 heavy (non-hydrogen) atoms. The van der Waals surface area contributed by atoms with Crippen molar-refractivity contribution in [3.63, 3.8) is 0 Å². The molecule has 2 unspecified atom stereocenters. The van der Waals surface area contributed by atoms with Crippen LogP contribution >= 0.6 is 0 Å². The van der Waals surface area contributed by atoms with Crippen molar-refractivity contribution in [3.8, 4) is 0 Å². The van der Waals surface area contributed by atoms with Gasteiger partial charge in [-0.1, -0.05) is 25.1 Å². The van der Waals surface area contributed by atoms with Crippen molar-refractivity contribution in [2.75, 3.05) is 0 Å². The van der Waals surface area contributed by atoms with Crippen LogP contribution in [0.15, 0.2) is 30.5 Å². The molecule has 2 atom stereocenters. The Labute approximate surface area is 102 Å². The molecule has 0 fully saturated rings.